The molecule has 3 N–H and O–H groups in total. The van der Waals surface area contributed by atoms with E-state index in [9.17, 15) is 4.79 Å². The molecule has 0 spiro atoms. The number of nitrogens with zero attached hydrogens (tertiary/aromatic N) is 1. The van der Waals surface area contributed by atoms with Gasteiger partial charge in [0.05, 0.1) is 11.4 Å². The van der Waals surface area contributed by atoms with Gasteiger partial charge in [0.25, 0.3) is 5.56 Å². The summed E-state index contributed by atoms with van der Waals surface area (Å²) >= 11 is 0. The number of benzene rings is 1. The zero-order valence-corrected chi connectivity index (χ0v) is 14.3. The lowest BCUT2D eigenvalue weighted by atomic mass is 9.96. The van der Waals surface area contributed by atoms with Crippen molar-refractivity contribution in [2.45, 2.75) is 40.7 Å². The number of nitrogens with one attached hydrogen (secondary N) is 1. The molecule has 122 valence electrons. The third kappa shape index (κ3) is 3.96. The molecule has 0 aliphatic rings. The standard InChI is InChI=1S/C19H25N3O/c1-5-12(2)18(16-8-14(4)19(23)21-11-16)22-17-9-15(10-20)7-6-13(17)3/h6-9,11-12H,5,10,20H2,1-4H3,(H,21,23)/b22-18+. The summed E-state index contributed by atoms with van der Waals surface area (Å²) in [6.07, 6.45) is 2.73. The van der Waals surface area contributed by atoms with E-state index in [4.69, 9.17) is 10.7 Å². The second-order valence-corrected chi connectivity index (χ2v) is 6.03. The van der Waals surface area contributed by atoms with E-state index in [1.165, 1.54) is 0 Å². The van der Waals surface area contributed by atoms with Crippen LogP contribution >= 0.6 is 0 Å². The second kappa shape index (κ2) is 7.38. The van der Waals surface area contributed by atoms with Crippen molar-refractivity contribution in [1.29, 1.82) is 0 Å². The first kappa shape index (κ1) is 17.2. The van der Waals surface area contributed by atoms with Crippen LogP contribution in [0.25, 0.3) is 0 Å². The van der Waals surface area contributed by atoms with Gasteiger partial charge in [-0.2, -0.15) is 0 Å². The Balaban J connectivity index is 2.58. The predicted molar refractivity (Wildman–Crippen MR) is 96.5 cm³/mol. The van der Waals surface area contributed by atoms with Crippen molar-refractivity contribution >= 4 is 11.4 Å². The van der Waals surface area contributed by atoms with Gasteiger partial charge in [-0.3, -0.25) is 9.79 Å². The SMILES string of the molecule is CCC(C)/C(=N\c1cc(CN)ccc1C)c1c[nH]c(=O)c(C)c1. The molecule has 1 unspecified atom stereocenters. The average Bonchev–Trinajstić information content (AvgIpc) is 2.56. The molecule has 4 nitrogen and oxygen atoms in total. The molecule has 0 saturated carbocycles. The van der Waals surface area contributed by atoms with Crippen LogP contribution in [0.2, 0.25) is 0 Å². The van der Waals surface area contributed by atoms with Crippen LogP contribution in [0.4, 0.5) is 5.69 Å². The molecule has 1 aromatic carbocycles. The van der Waals surface area contributed by atoms with Crippen molar-refractivity contribution in [3.05, 3.63) is 63.1 Å². The maximum Gasteiger partial charge on any atom is 0.250 e. The molecule has 0 fully saturated rings. The number of aryl methyl sites for hydroxylation is 2. The Hall–Kier alpha value is -2.20. The first-order valence-corrected chi connectivity index (χ1v) is 8.04. The Morgan fingerprint density at radius 1 is 1.26 bits per heavy atom. The molecule has 2 aromatic rings. The van der Waals surface area contributed by atoms with Crippen molar-refractivity contribution in [2.24, 2.45) is 16.6 Å². The van der Waals surface area contributed by atoms with Crippen LogP contribution in [0.5, 0.6) is 0 Å². The minimum atomic E-state index is -0.0569. The van der Waals surface area contributed by atoms with Crippen LogP contribution < -0.4 is 11.3 Å². The predicted octanol–water partition coefficient (Wildman–Crippen LogP) is 3.62. The van der Waals surface area contributed by atoms with Crippen LogP contribution in [0.15, 0.2) is 40.2 Å². The van der Waals surface area contributed by atoms with Crippen molar-refractivity contribution in [3.8, 4) is 0 Å². The fourth-order valence-corrected chi connectivity index (χ4v) is 2.43. The average molecular weight is 311 g/mol. The highest BCUT2D eigenvalue weighted by molar-refractivity contribution is 6.03. The molecule has 1 atom stereocenters. The van der Waals surface area contributed by atoms with Crippen molar-refractivity contribution < 1.29 is 0 Å². The molecule has 0 saturated heterocycles. The van der Waals surface area contributed by atoms with Gasteiger partial charge in [0, 0.05) is 23.9 Å². The van der Waals surface area contributed by atoms with Gasteiger partial charge in [-0.25, -0.2) is 0 Å². The summed E-state index contributed by atoms with van der Waals surface area (Å²) in [4.78, 5) is 19.3. The summed E-state index contributed by atoms with van der Waals surface area (Å²) in [5.74, 6) is 0.293. The largest absolute Gasteiger partial charge is 0.328 e. The third-order valence-corrected chi connectivity index (χ3v) is 4.21. The summed E-state index contributed by atoms with van der Waals surface area (Å²) in [5.41, 5.74) is 11.5. The van der Waals surface area contributed by atoms with Gasteiger partial charge in [0.1, 0.15) is 0 Å². The Labute approximate surface area is 137 Å². The monoisotopic (exact) mass is 311 g/mol. The number of aromatic nitrogens is 1. The molecule has 2 rings (SSSR count). The molecule has 1 heterocycles. The minimum Gasteiger partial charge on any atom is -0.328 e. The first-order chi connectivity index (χ1) is 11.0. The second-order valence-electron chi connectivity index (χ2n) is 6.03. The first-order valence-electron chi connectivity index (χ1n) is 8.04. The van der Waals surface area contributed by atoms with E-state index in [0.29, 0.717) is 18.0 Å². The summed E-state index contributed by atoms with van der Waals surface area (Å²) < 4.78 is 0. The van der Waals surface area contributed by atoms with Gasteiger partial charge in [-0.1, -0.05) is 26.0 Å². The summed E-state index contributed by atoms with van der Waals surface area (Å²) in [6.45, 7) is 8.66. The lowest BCUT2D eigenvalue weighted by Gasteiger charge is -2.15. The maximum absolute atomic E-state index is 11.6. The molecular formula is C19H25N3O. The Bertz CT molecular complexity index is 774. The zero-order chi connectivity index (χ0) is 17.0. The molecule has 0 aliphatic heterocycles. The van der Waals surface area contributed by atoms with Crippen LogP contribution in [-0.2, 0) is 6.54 Å². The van der Waals surface area contributed by atoms with Crippen molar-refractivity contribution in [2.75, 3.05) is 0 Å². The fraction of sp³-hybridized carbons (Fsp3) is 0.368. The number of rotatable bonds is 5. The molecule has 0 radical (unpaired) electrons. The van der Waals surface area contributed by atoms with Crippen molar-refractivity contribution in [1.82, 2.24) is 4.98 Å². The van der Waals surface area contributed by atoms with Crippen molar-refractivity contribution in [3.63, 3.8) is 0 Å². The highest BCUT2D eigenvalue weighted by Gasteiger charge is 2.13. The molecule has 23 heavy (non-hydrogen) atoms. The quantitative estimate of drug-likeness (QED) is 0.828. The van der Waals surface area contributed by atoms with Crippen LogP contribution in [0, 0.1) is 19.8 Å². The highest BCUT2D eigenvalue weighted by Crippen LogP contribution is 2.24. The third-order valence-electron chi connectivity index (χ3n) is 4.21. The van der Waals surface area contributed by atoms with Gasteiger partial charge in [-0.15, -0.1) is 0 Å². The van der Waals surface area contributed by atoms with Gasteiger partial charge in [0.15, 0.2) is 0 Å². The van der Waals surface area contributed by atoms with E-state index in [-0.39, 0.29) is 5.56 Å². The Morgan fingerprint density at radius 3 is 2.61 bits per heavy atom. The van der Waals surface area contributed by atoms with E-state index < -0.39 is 0 Å². The lowest BCUT2D eigenvalue weighted by molar-refractivity contribution is 0.739. The Morgan fingerprint density at radius 2 is 2.00 bits per heavy atom. The smallest absolute Gasteiger partial charge is 0.250 e. The summed E-state index contributed by atoms with van der Waals surface area (Å²) in [7, 11) is 0. The highest BCUT2D eigenvalue weighted by atomic mass is 16.1. The van der Waals surface area contributed by atoms with Gasteiger partial charge < -0.3 is 10.7 Å². The number of aromatic amines is 1. The van der Waals surface area contributed by atoms with E-state index in [2.05, 4.69) is 18.8 Å². The molecule has 4 heteroatoms. The Kier molecular flexibility index (Phi) is 5.50. The van der Waals surface area contributed by atoms with Gasteiger partial charge >= 0.3 is 0 Å². The molecular weight excluding hydrogens is 286 g/mol. The van der Waals surface area contributed by atoms with Gasteiger partial charge in [0.2, 0.25) is 0 Å². The fourth-order valence-electron chi connectivity index (χ4n) is 2.43. The molecule has 0 aliphatic carbocycles. The van der Waals surface area contributed by atoms with Crippen LogP contribution in [0.3, 0.4) is 0 Å². The van der Waals surface area contributed by atoms with E-state index in [1.54, 1.807) is 6.20 Å². The molecule has 1 aromatic heterocycles. The molecule has 0 bridgehead atoms. The summed E-state index contributed by atoms with van der Waals surface area (Å²) in [6, 6.07) is 8.02. The lowest BCUT2D eigenvalue weighted by Crippen LogP contribution is -2.16. The topological polar surface area (TPSA) is 71.2 Å². The van der Waals surface area contributed by atoms with Crippen LogP contribution in [-0.4, -0.2) is 10.7 Å². The van der Waals surface area contributed by atoms with E-state index >= 15 is 0 Å². The number of hydrogen-bond acceptors (Lipinski definition) is 3. The number of H-pyrrole nitrogens is 1. The zero-order valence-electron chi connectivity index (χ0n) is 14.3. The number of nitrogens with two attached hydrogens (primary N) is 1. The molecule has 0 amide bonds. The van der Waals surface area contributed by atoms with E-state index in [1.807, 2.05) is 38.1 Å². The number of pyridine rings is 1. The maximum atomic E-state index is 11.6. The van der Waals surface area contributed by atoms with E-state index in [0.717, 1.165) is 34.5 Å². The minimum absolute atomic E-state index is 0.0569. The normalized spacial score (nSPS) is 13.2. The van der Waals surface area contributed by atoms with Gasteiger partial charge in [-0.05, 0) is 49.4 Å². The summed E-state index contributed by atoms with van der Waals surface area (Å²) in [5, 5.41) is 0. The van der Waals surface area contributed by atoms with Crippen LogP contribution in [0.1, 0.15) is 42.5 Å². The number of aliphatic imine (C=N–C) groups is 1. The number of hydrogen-bond donors (Lipinski definition) is 2.